The molecule has 6 nitrogen and oxygen atoms in total. The Hall–Kier alpha value is -2.63. The van der Waals surface area contributed by atoms with E-state index in [1.54, 1.807) is 29.2 Å². The van der Waals surface area contributed by atoms with E-state index >= 15 is 0 Å². The molecule has 2 aromatic rings. The summed E-state index contributed by atoms with van der Waals surface area (Å²) in [4.78, 5) is 40.3. The molecule has 2 heterocycles. The number of rotatable bonds is 4. The van der Waals surface area contributed by atoms with Crippen LogP contribution in [0.15, 0.2) is 35.1 Å². The molecule has 120 valence electrons. The summed E-state index contributed by atoms with van der Waals surface area (Å²) in [5.41, 5.74) is -0.0519. The Morgan fingerprint density at radius 2 is 2.13 bits per heavy atom. The fourth-order valence-electron chi connectivity index (χ4n) is 2.91. The molecular formula is C17H19N3O3. The summed E-state index contributed by atoms with van der Waals surface area (Å²) in [6, 6.07) is 8.61. The van der Waals surface area contributed by atoms with E-state index < -0.39 is 0 Å². The van der Waals surface area contributed by atoms with E-state index in [0.717, 1.165) is 18.4 Å². The van der Waals surface area contributed by atoms with Crippen LogP contribution in [0.3, 0.4) is 0 Å². The first kappa shape index (κ1) is 15.3. The molecular weight excluding hydrogens is 294 g/mol. The monoisotopic (exact) mass is 313 g/mol. The van der Waals surface area contributed by atoms with Crippen molar-refractivity contribution in [2.24, 2.45) is 0 Å². The molecule has 0 bridgehead atoms. The predicted molar refractivity (Wildman–Crippen MR) is 87.3 cm³/mol. The Morgan fingerprint density at radius 1 is 1.35 bits per heavy atom. The van der Waals surface area contributed by atoms with Crippen molar-refractivity contribution < 1.29 is 9.59 Å². The van der Waals surface area contributed by atoms with Gasteiger partial charge in [0.25, 0.3) is 11.5 Å². The van der Waals surface area contributed by atoms with E-state index in [1.807, 2.05) is 13.0 Å². The highest BCUT2D eigenvalue weighted by atomic mass is 16.2. The molecule has 0 unspecified atom stereocenters. The zero-order chi connectivity index (χ0) is 16.4. The van der Waals surface area contributed by atoms with E-state index in [0.29, 0.717) is 18.4 Å². The lowest BCUT2D eigenvalue weighted by atomic mass is 10.1. The van der Waals surface area contributed by atoms with Crippen LogP contribution in [0.1, 0.15) is 30.3 Å². The second-order valence-corrected chi connectivity index (χ2v) is 5.92. The summed E-state index contributed by atoms with van der Waals surface area (Å²) < 4.78 is 0. The van der Waals surface area contributed by atoms with Gasteiger partial charge in [0.15, 0.2) is 0 Å². The minimum Gasteiger partial charge on any atom is -0.347 e. The van der Waals surface area contributed by atoms with Gasteiger partial charge in [-0.05, 0) is 30.9 Å². The number of nitrogens with zero attached hydrogens (tertiary/aromatic N) is 1. The number of nitrogens with one attached hydrogen (secondary N) is 2. The number of carbonyl (C=O) groups is 2. The number of benzene rings is 1. The van der Waals surface area contributed by atoms with Gasteiger partial charge in [-0.2, -0.15) is 0 Å². The number of H-pyrrole nitrogens is 1. The van der Waals surface area contributed by atoms with Gasteiger partial charge < -0.3 is 15.2 Å². The number of hydrogen-bond donors (Lipinski definition) is 2. The fraction of sp³-hybridized carbons (Fsp3) is 0.353. The highest BCUT2D eigenvalue weighted by molar-refractivity contribution is 5.96. The first-order valence-corrected chi connectivity index (χ1v) is 7.75. The Balaban J connectivity index is 1.73. The largest absolute Gasteiger partial charge is 0.347 e. The number of fused-ring (bicyclic) bond motifs is 1. The minimum absolute atomic E-state index is 0.130. The Bertz CT molecular complexity index is 812. The Morgan fingerprint density at radius 3 is 2.87 bits per heavy atom. The van der Waals surface area contributed by atoms with Crippen molar-refractivity contribution >= 4 is 22.6 Å². The molecule has 1 fully saturated rings. The normalized spacial score (nSPS) is 15.9. The average molecular weight is 313 g/mol. The zero-order valence-corrected chi connectivity index (χ0v) is 13.0. The third-order valence-corrected chi connectivity index (χ3v) is 4.04. The SMILES string of the molecule is C[C@H](CN1CCCC1=O)NC(=O)c1cc2ccccc2c(=O)[nH]1. The summed E-state index contributed by atoms with van der Waals surface area (Å²) in [6.07, 6.45) is 1.45. The van der Waals surface area contributed by atoms with Crippen LogP contribution in [0.5, 0.6) is 0 Å². The topological polar surface area (TPSA) is 82.3 Å². The van der Waals surface area contributed by atoms with Crippen LogP contribution in [0.2, 0.25) is 0 Å². The lowest BCUT2D eigenvalue weighted by molar-refractivity contribution is -0.127. The number of aromatic amines is 1. The molecule has 2 N–H and O–H groups in total. The van der Waals surface area contributed by atoms with Crippen molar-refractivity contribution in [2.75, 3.05) is 13.1 Å². The summed E-state index contributed by atoms with van der Waals surface area (Å²) in [7, 11) is 0. The van der Waals surface area contributed by atoms with Gasteiger partial charge in [0.1, 0.15) is 5.69 Å². The molecule has 1 aliphatic rings. The lowest BCUT2D eigenvalue weighted by Gasteiger charge is -2.21. The van der Waals surface area contributed by atoms with Gasteiger partial charge in [-0.1, -0.05) is 18.2 Å². The molecule has 1 aromatic carbocycles. The average Bonchev–Trinajstić information content (AvgIpc) is 2.92. The molecule has 0 spiro atoms. The summed E-state index contributed by atoms with van der Waals surface area (Å²) >= 11 is 0. The second kappa shape index (κ2) is 6.24. The fourth-order valence-corrected chi connectivity index (χ4v) is 2.91. The first-order valence-electron chi connectivity index (χ1n) is 7.75. The first-order chi connectivity index (χ1) is 11.0. The van der Waals surface area contributed by atoms with Gasteiger partial charge in [0.05, 0.1) is 0 Å². The molecule has 23 heavy (non-hydrogen) atoms. The van der Waals surface area contributed by atoms with Gasteiger partial charge in [-0.3, -0.25) is 14.4 Å². The van der Waals surface area contributed by atoms with E-state index in [1.165, 1.54) is 0 Å². The summed E-state index contributed by atoms with van der Waals surface area (Å²) in [6.45, 7) is 3.08. The summed E-state index contributed by atoms with van der Waals surface area (Å²) in [5, 5.41) is 4.11. The van der Waals surface area contributed by atoms with Gasteiger partial charge in [-0.15, -0.1) is 0 Å². The smallest absolute Gasteiger partial charge is 0.268 e. The van der Waals surface area contributed by atoms with Crippen molar-refractivity contribution in [1.82, 2.24) is 15.2 Å². The zero-order valence-electron chi connectivity index (χ0n) is 13.0. The Labute approximate surface area is 133 Å². The highest BCUT2D eigenvalue weighted by Gasteiger charge is 2.22. The summed E-state index contributed by atoms with van der Waals surface area (Å²) in [5.74, 6) is -0.211. The molecule has 3 rings (SSSR count). The van der Waals surface area contributed by atoms with Crippen molar-refractivity contribution in [3.63, 3.8) is 0 Å². The highest BCUT2D eigenvalue weighted by Crippen LogP contribution is 2.11. The molecule has 0 radical (unpaired) electrons. The molecule has 2 amide bonds. The lowest BCUT2D eigenvalue weighted by Crippen LogP contribution is -2.42. The second-order valence-electron chi connectivity index (χ2n) is 5.92. The number of carbonyl (C=O) groups excluding carboxylic acids is 2. The minimum atomic E-state index is -0.341. The molecule has 1 aliphatic heterocycles. The molecule has 1 atom stereocenters. The predicted octanol–water partition coefficient (Wildman–Crippen LogP) is 1.27. The van der Waals surface area contributed by atoms with Gasteiger partial charge in [0.2, 0.25) is 5.91 Å². The third-order valence-electron chi connectivity index (χ3n) is 4.04. The van der Waals surface area contributed by atoms with Crippen molar-refractivity contribution in [1.29, 1.82) is 0 Å². The van der Waals surface area contributed by atoms with E-state index in [9.17, 15) is 14.4 Å². The van der Waals surface area contributed by atoms with Gasteiger partial charge in [0, 0.05) is 30.9 Å². The van der Waals surface area contributed by atoms with Crippen molar-refractivity contribution in [3.8, 4) is 0 Å². The number of amides is 2. The third kappa shape index (κ3) is 3.26. The standard InChI is InChI=1S/C17H19N3O3/c1-11(10-20-8-4-7-15(20)21)18-17(23)14-9-12-5-2-3-6-13(12)16(22)19-14/h2-3,5-6,9,11H,4,7-8,10H2,1H3,(H,18,23)(H,19,22)/t11-/m1/s1. The molecule has 0 aliphatic carbocycles. The molecule has 0 saturated carbocycles. The van der Waals surface area contributed by atoms with Crippen LogP contribution in [-0.4, -0.2) is 40.8 Å². The number of likely N-dealkylation sites (tertiary alicyclic amines) is 1. The Kier molecular flexibility index (Phi) is 4.14. The molecule has 1 aromatic heterocycles. The van der Waals surface area contributed by atoms with E-state index in [2.05, 4.69) is 10.3 Å². The quantitative estimate of drug-likeness (QED) is 0.892. The maximum atomic E-state index is 12.3. The van der Waals surface area contributed by atoms with Gasteiger partial charge in [-0.25, -0.2) is 0 Å². The molecule has 1 saturated heterocycles. The maximum Gasteiger partial charge on any atom is 0.268 e. The van der Waals surface area contributed by atoms with E-state index in [-0.39, 0.29) is 29.1 Å². The van der Waals surface area contributed by atoms with E-state index in [4.69, 9.17) is 0 Å². The van der Waals surface area contributed by atoms with Gasteiger partial charge >= 0.3 is 0 Å². The van der Waals surface area contributed by atoms with Crippen LogP contribution >= 0.6 is 0 Å². The number of pyridine rings is 1. The van der Waals surface area contributed by atoms with Crippen LogP contribution in [0.4, 0.5) is 0 Å². The number of hydrogen-bond acceptors (Lipinski definition) is 3. The van der Waals surface area contributed by atoms with Crippen molar-refractivity contribution in [2.45, 2.75) is 25.8 Å². The van der Waals surface area contributed by atoms with Crippen molar-refractivity contribution in [3.05, 3.63) is 46.4 Å². The van der Waals surface area contributed by atoms with Crippen LogP contribution in [0, 0.1) is 0 Å². The van der Waals surface area contributed by atoms with Crippen LogP contribution in [-0.2, 0) is 4.79 Å². The van der Waals surface area contributed by atoms with Crippen LogP contribution < -0.4 is 10.9 Å². The maximum absolute atomic E-state index is 12.3. The van der Waals surface area contributed by atoms with Crippen LogP contribution in [0.25, 0.3) is 10.8 Å². The number of aromatic nitrogens is 1. The molecule has 6 heteroatoms.